The molecule has 3 nitrogen and oxygen atoms in total. The molecule has 0 heterocycles. The molecule has 2 aromatic carbocycles. The molecule has 2 aromatic rings. The van der Waals surface area contributed by atoms with Gasteiger partial charge in [-0.15, -0.1) is 11.6 Å². The van der Waals surface area contributed by atoms with Crippen molar-refractivity contribution in [2.24, 2.45) is 0 Å². The molecular weight excluding hydrogens is 288 g/mol. The molecule has 1 N–H and O–H groups in total. The highest BCUT2D eigenvalue weighted by atomic mass is 35.5. The SMILES string of the molecule is COc1cc(CC(Cl)CC(=O)O)ccc1-c1ccccc1. The van der Waals surface area contributed by atoms with E-state index in [1.54, 1.807) is 7.11 Å². The van der Waals surface area contributed by atoms with Gasteiger partial charge < -0.3 is 9.84 Å². The van der Waals surface area contributed by atoms with Gasteiger partial charge in [-0.2, -0.15) is 0 Å². The van der Waals surface area contributed by atoms with E-state index in [-0.39, 0.29) is 6.42 Å². The van der Waals surface area contributed by atoms with E-state index in [2.05, 4.69) is 0 Å². The fourth-order valence-electron chi connectivity index (χ4n) is 2.24. The van der Waals surface area contributed by atoms with Gasteiger partial charge >= 0.3 is 5.97 Å². The molecule has 1 unspecified atom stereocenters. The van der Waals surface area contributed by atoms with Crippen LogP contribution in [0.15, 0.2) is 48.5 Å². The lowest BCUT2D eigenvalue weighted by molar-refractivity contribution is -0.137. The van der Waals surface area contributed by atoms with Gasteiger partial charge in [0, 0.05) is 10.9 Å². The Kier molecular flexibility index (Phi) is 5.23. The highest BCUT2D eigenvalue weighted by Gasteiger charge is 2.13. The minimum Gasteiger partial charge on any atom is -0.496 e. The Hall–Kier alpha value is -2.00. The smallest absolute Gasteiger partial charge is 0.304 e. The molecule has 0 aromatic heterocycles. The van der Waals surface area contributed by atoms with Crippen molar-refractivity contribution in [3.05, 3.63) is 54.1 Å². The molecule has 0 aliphatic heterocycles. The van der Waals surface area contributed by atoms with Crippen LogP contribution in [-0.2, 0) is 11.2 Å². The van der Waals surface area contributed by atoms with Gasteiger partial charge in [0.15, 0.2) is 0 Å². The first kappa shape index (κ1) is 15.4. The number of hydrogen-bond acceptors (Lipinski definition) is 2. The van der Waals surface area contributed by atoms with E-state index in [4.69, 9.17) is 21.4 Å². The molecule has 110 valence electrons. The summed E-state index contributed by atoms with van der Waals surface area (Å²) in [5.74, 6) is -0.124. The van der Waals surface area contributed by atoms with Crippen LogP contribution in [0.1, 0.15) is 12.0 Å². The molecule has 2 rings (SSSR count). The van der Waals surface area contributed by atoms with Gasteiger partial charge in [-0.05, 0) is 23.6 Å². The summed E-state index contributed by atoms with van der Waals surface area (Å²) in [7, 11) is 1.63. The molecule has 4 heteroatoms. The molecule has 0 bridgehead atoms. The Bertz CT molecular complexity index is 611. The lowest BCUT2D eigenvalue weighted by Crippen LogP contribution is -2.10. The molecule has 21 heavy (non-hydrogen) atoms. The number of carbonyl (C=O) groups is 1. The number of hydrogen-bond donors (Lipinski definition) is 1. The van der Waals surface area contributed by atoms with Crippen LogP contribution in [0.25, 0.3) is 11.1 Å². The summed E-state index contributed by atoms with van der Waals surface area (Å²) in [5.41, 5.74) is 3.05. The van der Waals surface area contributed by atoms with Crippen molar-refractivity contribution >= 4 is 17.6 Å². The number of ether oxygens (including phenoxy) is 1. The first-order valence-corrected chi connectivity index (χ1v) is 7.12. The zero-order valence-electron chi connectivity index (χ0n) is 11.8. The van der Waals surface area contributed by atoms with Crippen molar-refractivity contribution in [2.75, 3.05) is 7.11 Å². The minimum atomic E-state index is -0.886. The summed E-state index contributed by atoms with van der Waals surface area (Å²) in [5, 5.41) is 8.32. The van der Waals surface area contributed by atoms with Crippen molar-refractivity contribution in [2.45, 2.75) is 18.2 Å². The van der Waals surface area contributed by atoms with E-state index in [0.717, 1.165) is 22.4 Å². The quantitative estimate of drug-likeness (QED) is 0.821. The minimum absolute atomic E-state index is 0.0513. The van der Waals surface area contributed by atoms with Crippen LogP contribution in [0.4, 0.5) is 0 Å². The van der Waals surface area contributed by atoms with Crippen LogP contribution in [0.3, 0.4) is 0 Å². The van der Waals surface area contributed by atoms with Crippen molar-refractivity contribution in [1.29, 1.82) is 0 Å². The molecule has 0 radical (unpaired) electrons. The molecular formula is C17H17ClO3. The van der Waals surface area contributed by atoms with Crippen LogP contribution in [0, 0.1) is 0 Å². The number of methoxy groups -OCH3 is 1. The summed E-state index contributed by atoms with van der Waals surface area (Å²) in [6.07, 6.45) is 0.448. The van der Waals surface area contributed by atoms with Gasteiger partial charge in [-0.3, -0.25) is 4.79 Å². The van der Waals surface area contributed by atoms with Crippen LogP contribution in [-0.4, -0.2) is 23.6 Å². The second-order valence-corrected chi connectivity index (χ2v) is 5.42. The highest BCUT2D eigenvalue weighted by Crippen LogP contribution is 2.31. The summed E-state index contributed by atoms with van der Waals surface area (Å²) in [4.78, 5) is 10.7. The summed E-state index contributed by atoms with van der Waals surface area (Å²) in [6, 6.07) is 15.8. The lowest BCUT2D eigenvalue weighted by Gasteiger charge is -2.12. The first-order chi connectivity index (χ1) is 10.1. The Balaban J connectivity index is 2.22. The third-order valence-electron chi connectivity index (χ3n) is 3.20. The Labute approximate surface area is 129 Å². The average molecular weight is 305 g/mol. The van der Waals surface area contributed by atoms with Gasteiger partial charge in [0.1, 0.15) is 5.75 Å². The van der Waals surface area contributed by atoms with Crippen LogP contribution < -0.4 is 4.74 Å². The number of halogens is 1. The van der Waals surface area contributed by atoms with Crippen LogP contribution in [0.2, 0.25) is 0 Å². The molecule has 0 saturated carbocycles. The number of aliphatic carboxylic acids is 1. The van der Waals surface area contributed by atoms with Crippen LogP contribution in [0.5, 0.6) is 5.75 Å². The Morgan fingerprint density at radius 2 is 1.95 bits per heavy atom. The van der Waals surface area contributed by atoms with Crippen molar-refractivity contribution < 1.29 is 14.6 Å². The molecule has 0 saturated heterocycles. The number of carboxylic acid groups (broad SMARTS) is 1. The third-order valence-corrected chi connectivity index (χ3v) is 3.51. The lowest BCUT2D eigenvalue weighted by atomic mass is 10.00. The third kappa shape index (κ3) is 4.23. The molecule has 0 fully saturated rings. The fraction of sp³-hybridized carbons (Fsp3) is 0.235. The largest absolute Gasteiger partial charge is 0.496 e. The van der Waals surface area contributed by atoms with Gasteiger partial charge in [-0.1, -0.05) is 42.5 Å². The van der Waals surface area contributed by atoms with Crippen molar-refractivity contribution in [3.63, 3.8) is 0 Å². The molecule has 0 aliphatic carbocycles. The Morgan fingerprint density at radius 3 is 2.57 bits per heavy atom. The topological polar surface area (TPSA) is 46.5 Å². The van der Waals surface area contributed by atoms with Gasteiger partial charge in [-0.25, -0.2) is 0 Å². The molecule has 0 amide bonds. The predicted molar refractivity (Wildman–Crippen MR) is 84.0 cm³/mol. The fourth-order valence-corrected chi connectivity index (χ4v) is 2.55. The number of rotatable bonds is 6. The molecule has 0 spiro atoms. The monoisotopic (exact) mass is 304 g/mol. The maximum absolute atomic E-state index is 10.7. The maximum atomic E-state index is 10.7. The number of alkyl halides is 1. The van der Waals surface area contributed by atoms with E-state index < -0.39 is 11.3 Å². The standard InChI is InChI=1S/C17H17ClO3/c1-21-16-10-12(9-14(18)11-17(19)20)7-8-15(16)13-5-3-2-4-6-13/h2-8,10,14H,9,11H2,1H3,(H,19,20). The predicted octanol–water partition coefficient (Wildman–Crippen LogP) is 3.99. The second-order valence-electron chi connectivity index (χ2n) is 4.80. The van der Waals surface area contributed by atoms with E-state index in [9.17, 15) is 4.79 Å². The van der Waals surface area contributed by atoms with E-state index in [0.29, 0.717) is 6.42 Å². The summed E-state index contributed by atoms with van der Waals surface area (Å²) >= 11 is 6.04. The first-order valence-electron chi connectivity index (χ1n) is 6.68. The van der Waals surface area contributed by atoms with Gasteiger partial charge in [0.05, 0.1) is 13.5 Å². The maximum Gasteiger partial charge on any atom is 0.304 e. The zero-order valence-corrected chi connectivity index (χ0v) is 12.5. The van der Waals surface area contributed by atoms with E-state index >= 15 is 0 Å². The van der Waals surface area contributed by atoms with Gasteiger partial charge in [0.2, 0.25) is 0 Å². The summed E-state index contributed by atoms with van der Waals surface area (Å²) in [6.45, 7) is 0. The van der Waals surface area contributed by atoms with E-state index in [1.807, 2.05) is 48.5 Å². The number of carboxylic acids is 1. The van der Waals surface area contributed by atoms with Gasteiger partial charge in [0.25, 0.3) is 0 Å². The van der Waals surface area contributed by atoms with Crippen LogP contribution >= 0.6 is 11.6 Å². The second kappa shape index (κ2) is 7.14. The molecule has 0 aliphatic rings. The summed E-state index contributed by atoms with van der Waals surface area (Å²) < 4.78 is 5.44. The normalized spacial score (nSPS) is 11.9. The highest BCUT2D eigenvalue weighted by molar-refractivity contribution is 6.21. The average Bonchev–Trinajstić information content (AvgIpc) is 2.47. The zero-order chi connectivity index (χ0) is 15.2. The molecule has 1 atom stereocenters. The number of benzene rings is 2. The van der Waals surface area contributed by atoms with E-state index in [1.165, 1.54) is 0 Å². The Morgan fingerprint density at radius 1 is 1.24 bits per heavy atom. The van der Waals surface area contributed by atoms with Crippen molar-refractivity contribution in [3.8, 4) is 16.9 Å². The van der Waals surface area contributed by atoms with Crippen molar-refractivity contribution in [1.82, 2.24) is 0 Å².